The third-order valence-electron chi connectivity index (χ3n) is 4.05. The van der Waals surface area contributed by atoms with Crippen LogP contribution in [0.5, 0.6) is 11.5 Å². The van der Waals surface area contributed by atoms with Gasteiger partial charge in [-0.3, -0.25) is 0 Å². The molecule has 1 heterocycles. The van der Waals surface area contributed by atoms with Gasteiger partial charge >= 0.3 is 0 Å². The molecule has 0 aliphatic carbocycles. The van der Waals surface area contributed by atoms with E-state index in [2.05, 4.69) is 5.16 Å². The molecular formula is C19H19ClN2O5S. The molecule has 1 aromatic heterocycles. The largest absolute Gasteiger partial charge is 0.495 e. The molecule has 0 saturated carbocycles. The Hall–Kier alpha value is -2.55. The first-order valence-corrected chi connectivity index (χ1v) is 10.2. The first kappa shape index (κ1) is 20.2. The van der Waals surface area contributed by atoms with Gasteiger partial charge in [0.05, 0.1) is 13.3 Å². The molecule has 0 spiro atoms. The highest BCUT2D eigenvalue weighted by Gasteiger charge is 2.26. The molecule has 0 unspecified atom stereocenters. The zero-order valence-electron chi connectivity index (χ0n) is 15.3. The molecule has 2 aromatic carbocycles. The maximum atomic E-state index is 13.1. The Morgan fingerprint density at radius 2 is 2.00 bits per heavy atom. The SMILES string of the molecule is COc1ccc(-c2ccno2)cc1S(=O)(=O)N(C)CCOc1cccc(Cl)c1. The van der Waals surface area contributed by atoms with Gasteiger partial charge in [0.1, 0.15) is 23.0 Å². The molecule has 7 nitrogen and oxygen atoms in total. The minimum atomic E-state index is -3.82. The number of hydrogen-bond acceptors (Lipinski definition) is 6. The summed E-state index contributed by atoms with van der Waals surface area (Å²) in [5.41, 5.74) is 0.584. The summed E-state index contributed by atoms with van der Waals surface area (Å²) in [5.74, 6) is 1.28. The Morgan fingerprint density at radius 3 is 2.68 bits per heavy atom. The highest BCUT2D eigenvalue weighted by Crippen LogP contribution is 2.31. The summed E-state index contributed by atoms with van der Waals surface area (Å²) in [6, 6.07) is 13.4. The van der Waals surface area contributed by atoms with Crippen LogP contribution in [0.1, 0.15) is 0 Å². The van der Waals surface area contributed by atoms with E-state index in [4.69, 9.17) is 25.6 Å². The molecule has 148 valence electrons. The molecule has 0 radical (unpaired) electrons. The quantitative estimate of drug-likeness (QED) is 0.550. The Kier molecular flexibility index (Phi) is 6.23. The van der Waals surface area contributed by atoms with Crippen molar-refractivity contribution in [3.63, 3.8) is 0 Å². The van der Waals surface area contributed by atoms with Crippen LogP contribution in [-0.4, -0.2) is 45.2 Å². The lowest BCUT2D eigenvalue weighted by Gasteiger charge is -2.19. The Bertz CT molecular complexity index is 1040. The lowest BCUT2D eigenvalue weighted by atomic mass is 10.2. The second-order valence-electron chi connectivity index (χ2n) is 5.87. The standard InChI is InChI=1S/C19H19ClN2O5S/c1-22(10-11-26-16-5-3-4-15(20)13-16)28(23,24)19-12-14(6-7-18(19)25-2)17-8-9-21-27-17/h3-9,12-13H,10-11H2,1-2H3. The molecule has 3 rings (SSSR count). The molecule has 0 amide bonds. The zero-order chi connectivity index (χ0) is 20.1. The Balaban J connectivity index is 1.78. The fourth-order valence-electron chi connectivity index (χ4n) is 2.53. The van der Waals surface area contributed by atoms with E-state index in [0.29, 0.717) is 22.1 Å². The lowest BCUT2D eigenvalue weighted by molar-refractivity contribution is 0.286. The number of halogens is 1. The molecule has 3 aromatic rings. The highest BCUT2D eigenvalue weighted by molar-refractivity contribution is 7.89. The summed E-state index contributed by atoms with van der Waals surface area (Å²) < 4.78 is 43.3. The van der Waals surface area contributed by atoms with Gasteiger partial charge in [-0.1, -0.05) is 22.8 Å². The molecule has 9 heteroatoms. The van der Waals surface area contributed by atoms with Crippen molar-refractivity contribution < 1.29 is 22.4 Å². The predicted molar refractivity (Wildman–Crippen MR) is 105 cm³/mol. The summed E-state index contributed by atoms with van der Waals surface area (Å²) in [5, 5.41) is 4.20. The fraction of sp³-hybridized carbons (Fsp3) is 0.211. The molecule has 28 heavy (non-hydrogen) atoms. The van der Waals surface area contributed by atoms with Crippen molar-refractivity contribution in [1.82, 2.24) is 9.46 Å². The van der Waals surface area contributed by atoms with Crippen molar-refractivity contribution in [3.05, 3.63) is 59.8 Å². The number of aromatic nitrogens is 1. The number of hydrogen-bond donors (Lipinski definition) is 0. The van der Waals surface area contributed by atoms with Crippen LogP contribution in [-0.2, 0) is 10.0 Å². The van der Waals surface area contributed by atoms with Crippen LogP contribution >= 0.6 is 11.6 Å². The van der Waals surface area contributed by atoms with Gasteiger partial charge in [0, 0.05) is 30.2 Å². The van der Waals surface area contributed by atoms with Gasteiger partial charge in [-0.15, -0.1) is 0 Å². The molecule has 0 N–H and O–H groups in total. The van der Waals surface area contributed by atoms with Gasteiger partial charge in [0.2, 0.25) is 10.0 Å². The Morgan fingerprint density at radius 1 is 1.18 bits per heavy atom. The third kappa shape index (κ3) is 4.46. The third-order valence-corrected chi connectivity index (χ3v) is 6.16. The minimum absolute atomic E-state index is 0.0363. The second kappa shape index (κ2) is 8.64. The summed E-state index contributed by atoms with van der Waals surface area (Å²) in [4.78, 5) is 0.0363. The monoisotopic (exact) mass is 422 g/mol. The highest BCUT2D eigenvalue weighted by atomic mass is 35.5. The molecule has 0 saturated heterocycles. The van der Waals surface area contributed by atoms with E-state index in [1.807, 2.05) is 0 Å². The maximum Gasteiger partial charge on any atom is 0.246 e. The van der Waals surface area contributed by atoms with Gasteiger partial charge in [-0.2, -0.15) is 4.31 Å². The number of benzene rings is 2. The van der Waals surface area contributed by atoms with Crippen LogP contribution in [0, 0.1) is 0 Å². The van der Waals surface area contributed by atoms with E-state index in [9.17, 15) is 8.42 Å². The van der Waals surface area contributed by atoms with Crippen LogP contribution in [0.4, 0.5) is 0 Å². The fourth-order valence-corrected chi connectivity index (χ4v) is 4.05. The number of sulfonamides is 1. The molecule has 0 bridgehead atoms. The van der Waals surface area contributed by atoms with E-state index in [-0.39, 0.29) is 23.8 Å². The summed E-state index contributed by atoms with van der Waals surface area (Å²) >= 11 is 5.92. The summed E-state index contributed by atoms with van der Waals surface area (Å²) in [6.45, 7) is 0.310. The van der Waals surface area contributed by atoms with Crippen molar-refractivity contribution in [3.8, 4) is 22.8 Å². The second-order valence-corrected chi connectivity index (χ2v) is 8.32. The van der Waals surface area contributed by atoms with Crippen LogP contribution < -0.4 is 9.47 Å². The van der Waals surface area contributed by atoms with Crippen LogP contribution in [0.2, 0.25) is 5.02 Å². The van der Waals surface area contributed by atoms with Crippen molar-refractivity contribution in [2.24, 2.45) is 0 Å². The normalized spacial score (nSPS) is 11.6. The zero-order valence-corrected chi connectivity index (χ0v) is 16.9. The predicted octanol–water partition coefficient (Wildman–Crippen LogP) is 3.70. The van der Waals surface area contributed by atoms with Crippen molar-refractivity contribution in [1.29, 1.82) is 0 Å². The van der Waals surface area contributed by atoms with Gasteiger partial charge < -0.3 is 14.0 Å². The lowest BCUT2D eigenvalue weighted by Crippen LogP contribution is -2.31. The molecule has 0 atom stereocenters. The van der Waals surface area contributed by atoms with Gasteiger partial charge in [-0.05, 0) is 36.4 Å². The van der Waals surface area contributed by atoms with Crippen LogP contribution in [0.3, 0.4) is 0 Å². The number of methoxy groups -OCH3 is 1. The summed E-state index contributed by atoms with van der Waals surface area (Å²) in [7, 11) is -0.913. The van der Waals surface area contributed by atoms with E-state index < -0.39 is 10.0 Å². The molecule has 0 fully saturated rings. The molecular weight excluding hydrogens is 404 g/mol. The maximum absolute atomic E-state index is 13.1. The van der Waals surface area contributed by atoms with Gasteiger partial charge in [0.15, 0.2) is 5.76 Å². The van der Waals surface area contributed by atoms with Crippen LogP contribution in [0.25, 0.3) is 11.3 Å². The van der Waals surface area contributed by atoms with E-state index in [1.165, 1.54) is 30.7 Å². The van der Waals surface area contributed by atoms with Crippen molar-refractivity contribution >= 4 is 21.6 Å². The van der Waals surface area contributed by atoms with E-state index >= 15 is 0 Å². The van der Waals surface area contributed by atoms with Crippen LogP contribution in [0.15, 0.2) is 64.1 Å². The minimum Gasteiger partial charge on any atom is -0.495 e. The number of rotatable bonds is 8. The van der Waals surface area contributed by atoms with Crippen molar-refractivity contribution in [2.45, 2.75) is 4.90 Å². The van der Waals surface area contributed by atoms with Gasteiger partial charge in [0.25, 0.3) is 0 Å². The number of nitrogens with zero attached hydrogens (tertiary/aromatic N) is 2. The smallest absolute Gasteiger partial charge is 0.246 e. The topological polar surface area (TPSA) is 81.9 Å². The first-order chi connectivity index (χ1) is 13.4. The first-order valence-electron chi connectivity index (χ1n) is 8.35. The average molecular weight is 423 g/mol. The molecule has 0 aliphatic rings. The van der Waals surface area contributed by atoms with E-state index in [1.54, 1.807) is 42.5 Å². The number of likely N-dealkylation sites (N-methyl/N-ethyl adjacent to an activating group) is 1. The summed E-state index contributed by atoms with van der Waals surface area (Å²) in [6.07, 6.45) is 1.49. The number of ether oxygens (including phenoxy) is 2. The molecule has 0 aliphatic heterocycles. The van der Waals surface area contributed by atoms with Gasteiger partial charge in [-0.25, -0.2) is 8.42 Å². The van der Waals surface area contributed by atoms with Crippen molar-refractivity contribution in [2.75, 3.05) is 27.3 Å². The Labute approximate surface area is 168 Å². The average Bonchev–Trinajstić information content (AvgIpc) is 3.22. The van der Waals surface area contributed by atoms with E-state index in [0.717, 1.165) is 0 Å².